The monoisotopic (exact) mass is 775 g/mol. The molecule has 20 N–H and O–H groups in total. The Morgan fingerprint density at radius 3 is 1.93 bits per heavy atom. The fraction of sp³-hybridized carbons (Fsp3) is 0.812. The number of aliphatic hydroxyl groups excluding tert-OH is 3. The number of carboxylic acid groups (broad SMARTS) is 1. The molecular weight excluding hydrogens is 714 g/mol. The predicted molar refractivity (Wildman–Crippen MR) is 194 cm³/mol. The smallest absolute Gasteiger partial charge is 0.404 e. The number of aliphatic carboxylic acids is 1. The lowest BCUT2D eigenvalue weighted by molar-refractivity contribution is -0.192. The van der Waals surface area contributed by atoms with Crippen LogP contribution < -0.4 is 55.7 Å². The summed E-state index contributed by atoms with van der Waals surface area (Å²) in [4.78, 5) is 65.2. The van der Waals surface area contributed by atoms with Crippen molar-refractivity contribution in [3.05, 3.63) is 0 Å². The molecule has 0 bridgehead atoms. The van der Waals surface area contributed by atoms with Gasteiger partial charge in [-0.3, -0.25) is 19.2 Å². The third kappa shape index (κ3) is 15.9. The number of amidine groups is 1. The summed E-state index contributed by atoms with van der Waals surface area (Å²) < 4.78 is 10.8. The molecule has 4 amide bonds. The number of nitrogens with zero attached hydrogens (tertiary/aromatic N) is 1. The van der Waals surface area contributed by atoms with Crippen LogP contribution in [0.15, 0.2) is 4.99 Å². The minimum atomic E-state index is -1.68. The molecule has 0 radical (unpaired) electrons. The average Bonchev–Trinajstić information content (AvgIpc) is 3.54. The minimum Gasteiger partial charge on any atom is -0.481 e. The lowest BCUT2D eigenvalue weighted by atomic mass is 9.95. The van der Waals surface area contributed by atoms with Gasteiger partial charge in [0.25, 0.3) is 0 Å². The summed E-state index contributed by atoms with van der Waals surface area (Å²) in [5, 5.41) is 51.9. The Balaban J connectivity index is 1.86. The molecule has 0 aromatic rings. The highest BCUT2D eigenvalue weighted by molar-refractivity contribution is 5.91. The summed E-state index contributed by atoms with van der Waals surface area (Å²) in [5.74, 6) is -3.29. The van der Waals surface area contributed by atoms with Crippen molar-refractivity contribution in [3.63, 3.8) is 0 Å². The van der Waals surface area contributed by atoms with Crippen LogP contribution in [0, 0.1) is 5.92 Å². The van der Waals surface area contributed by atoms with Crippen molar-refractivity contribution in [2.45, 2.75) is 125 Å². The molecule has 310 valence electrons. The van der Waals surface area contributed by atoms with E-state index in [1.165, 1.54) is 0 Å². The first-order chi connectivity index (χ1) is 25.6. The summed E-state index contributed by atoms with van der Waals surface area (Å²) in [6, 6.07) is -3.68. The highest BCUT2D eigenvalue weighted by Crippen LogP contribution is 2.27. The molecule has 11 unspecified atom stereocenters. The molecule has 2 aliphatic rings. The molecule has 0 aliphatic carbocycles. The zero-order chi connectivity index (χ0) is 40.4. The summed E-state index contributed by atoms with van der Waals surface area (Å²) >= 11 is 0. The van der Waals surface area contributed by atoms with E-state index in [9.17, 15) is 44.4 Å². The number of aliphatic imine (C=N–C) groups is 1. The summed E-state index contributed by atoms with van der Waals surface area (Å²) in [6.45, 7) is 0.239. The molecule has 54 heavy (non-hydrogen) atoms. The molecule has 22 nitrogen and oxygen atoms in total. The number of hydrogen-bond acceptors (Lipinski definition) is 16. The normalized spacial score (nSPS) is 26.9. The average molecular weight is 776 g/mol. The van der Waals surface area contributed by atoms with Gasteiger partial charge in [0.15, 0.2) is 12.3 Å². The zero-order valence-electron chi connectivity index (χ0n) is 30.5. The van der Waals surface area contributed by atoms with Gasteiger partial charge in [0.1, 0.15) is 24.1 Å². The van der Waals surface area contributed by atoms with Crippen LogP contribution in [0.3, 0.4) is 0 Å². The predicted octanol–water partition coefficient (Wildman–Crippen LogP) is -5.52. The SMILES string of the molecule is NCCCC(N)CC(=O)NCCCC(N)CC(=O)NCCCC(N)CC(=O)NC1C(N=C2CC(C(=O)O)C(C(O)CN)N2)OC(CO)C(OC(N)=O)C1O. The van der Waals surface area contributed by atoms with Crippen LogP contribution >= 0.6 is 0 Å². The lowest BCUT2D eigenvalue weighted by Gasteiger charge is -2.42. The van der Waals surface area contributed by atoms with Crippen LogP contribution in [0.25, 0.3) is 0 Å². The van der Waals surface area contributed by atoms with Gasteiger partial charge in [0.05, 0.1) is 24.7 Å². The third-order valence-electron chi connectivity index (χ3n) is 9.16. The van der Waals surface area contributed by atoms with E-state index in [2.05, 4.69) is 26.3 Å². The van der Waals surface area contributed by atoms with Crippen LogP contribution in [0.2, 0.25) is 0 Å². The number of carbonyl (C=O) groups is 5. The largest absolute Gasteiger partial charge is 0.481 e. The molecule has 0 aromatic heterocycles. The maximum atomic E-state index is 13.1. The van der Waals surface area contributed by atoms with Crippen LogP contribution in [0.5, 0.6) is 0 Å². The minimum absolute atomic E-state index is 0.0708. The standard InChI is InChI=1S/C32H61N11O11/c33-7-1-4-16(35)10-23(46)39-8-2-5-17(36)11-24(47)40-9-3-6-18(37)12-25(48)43-27-28(49)29(54-32(38)52)21(15-44)53-30(27)42-22-13-19(31(50)51)26(41-22)20(45)14-34/h16-21,26-30,44-45,49H,1-15,33-37H2,(H2,38,52)(H,39,46)(H,40,47)(H,41,42)(H,43,48)(H,50,51). The number of nitrogens with two attached hydrogens (primary N) is 6. The molecule has 0 aromatic carbocycles. The second-order valence-electron chi connectivity index (χ2n) is 13.7. The van der Waals surface area contributed by atoms with Gasteiger partial charge < -0.3 is 85.6 Å². The van der Waals surface area contributed by atoms with Crippen molar-refractivity contribution in [2.24, 2.45) is 45.3 Å². The van der Waals surface area contributed by atoms with Crippen molar-refractivity contribution in [2.75, 3.05) is 32.8 Å². The van der Waals surface area contributed by atoms with Crippen molar-refractivity contribution < 1.29 is 53.9 Å². The van der Waals surface area contributed by atoms with Crippen LogP contribution in [0.1, 0.15) is 64.2 Å². The number of aliphatic hydroxyl groups is 3. The number of amides is 4. The molecular formula is C32H61N11O11. The fourth-order valence-electron chi connectivity index (χ4n) is 6.28. The van der Waals surface area contributed by atoms with Gasteiger partial charge in [0, 0.05) is 63.4 Å². The van der Waals surface area contributed by atoms with Gasteiger partial charge in [0.2, 0.25) is 17.7 Å². The number of hydrogen-bond donors (Lipinski definition) is 14. The quantitative estimate of drug-likeness (QED) is 0.0407. The Kier molecular flexibility index (Phi) is 20.6. The molecule has 0 spiro atoms. The summed E-state index contributed by atoms with van der Waals surface area (Å²) in [7, 11) is 0. The van der Waals surface area contributed by atoms with Crippen LogP contribution in [-0.4, -0.2) is 150 Å². The van der Waals surface area contributed by atoms with Gasteiger partial charge in [-0.1, -0.05) is 0 Å². The lowest BCUT2D eigenvalue weighted by Crippen LogP contribution is -2.65. The number of rotatable bonds is 24. The van der Waals surface area contributed by atoms with E-state index in [-0.39, 0.29) is 62.5 Å². The second-order valence-corrected chi connectivity index (χ2v) is 13.7. The fourth-order valence-corrected chi connectivity index (χ4v) is 6.28. The number of carboxylic acids is 1. The summed E-state index contributed by atoms with van der Waals surface area (Å²) in [6.07, 6.45) is -5.20. The van der Waals surface area contributed by atoms with Gasteiger partial charge in [-0.15, -0.1) is 0 Å². The molecule has 0 saturated carbocycles. The maximum absolute atomic E-state index is 13.1. The topological polar surface area (TPSA) is 401 Å². The maximum Gasteiger partial charge on any atom is 0.404 e. The number of primary amides is 1. The molecule has 2 heterocycles. The van der Waals surface area contributed by atoms with Crippen molar-refractivity contribution in [1.82, 2.24) is 21.3 Å². The molecule has 2 aliphatic heterocycles. The highest BCUT2D eigenvalue weighted by atomic mass is 16.6. The Bertz CT molecular complexity index is 1250. The Morgan fingerprint density at radius 2 is 1.44 bits per heavy atom. The molecule has 11 atom stereocenters. The van der Waals surface area contributed by atoms with E-state index in [1.807, 2.05) is 0 Å². The molecule has 2 rings (SSSR count). The van der Waals surface area contributed by atoms with Crippen LogP contribution in [0.4, 0.5) is 4.79 Å². The van der Waals surface area contributed by atoms with E-state index >= 15 is 0 Å². The Labute approximate surface area is 313 Å². The van der Waals surface area contributed by atoms with E-state index in [0.717, 1.165) is 6.42 Å². The number of ether oxygens (including phenoxy) is 2. The molecule has 2 saturated heterocycles. The molecule has 2 fully saturated rings. The first kappa shape index (κ1) is 46.4. The van der Waals surface area contributed by atoms with Crippen molar-refractivity contribution >= 4 is 35.6 Å². The first-order valence-corrected chi connectivity index (χ1v) is 18.2. The highest BCUT2D eigenvalue weighted by Gasteiger charge is 2.49. The second kappa shape index (κ2) is 23.9. The zero-order valence-corrected chi connectivity index (χ0v) is 30.5. The number of carbonyl (C=O) groups excluding carboxylic acids is 4. The van der Waals surface area contributed by atoms with E-state index in [4.69, 9.17) is 43.9 Å². The molecule has 22 heteroatoms. The van der Waals surface area contributed by atoms with Gasteiger partial charge in [-0.2, -0.15) is 0 Å². The van der Waals surface area contributed by atoms with E-state index < -0.39 is 85.3 Å². The Hall–Kier alpha value is -3.74. The first-order valence-electron chi connectivity index (χ1n) is 18.2. The van der Waals surface area contributed by atoms with Gasteiger partial charge in [-0.25, -0.2) is 9.79 Å². The van der Waals surface area contributed by atoms with E-state index in [0.29, 0.717) is 45.2 Å². The van der Waals surface area contributed by atoms with E-state index in [1.54, 1.807) is 0 Å². The van der Waals surface area contributed by atoms with Gasteiger partial charge in [-0.05, 0) is 45.1 Å². The summed E-state index contributed by atoms with van der Waals surface area (Å²) in [5.41, 5.74) is 34.3. The van der Waals surface area contributed by atoms with Crippen molar-refractivity contribution in [1.29, 1.82) is 0 Å². The van der Waals surface area contributed by atoms with Gasteiger partial charge >= 0.3 is 12.1 Å². The third-order valence-corrected chi connectivity index (χ3v) is 9.16. The van der Waals surface area contributed by atoms with Crippen LogP contribution in [-0.2, 0) is 28.7 Å². The Morgan fingerprint density at radius 1 is 0.907 bits per heavy atom. The van der Waals surface area contributed by atoms with Crippen molar-refractivity contribution in [3.8, 4) is 0 Å². The number of nitrogens with one attached hydrogen (secondary N) is 4.